The lowest BCUT2D eigenvalue weighted by molar-refractivity contribution is -0.133. The third-order valence-electron chi connectivity index (χ3n) is 4.60. The molecule has 1 aliphatic heterocycles. The minimum absolute atomic E-state index is 0.104. The summed E-state index contributed by atoms with van der Waals surface area (Å²) in [6.45, 7) is -5.19. The lowest BCUT2D eigenvalue weighted by atomic mass is 9.92. The highest BCUT2D eigenvalue weighted by molar-refractivity contribution is 6.10. The van der Waals surface area contributed by atoms with Crippen LogP contribution in [0.25, 0.3) is 0 Å². The van der Waals surface area contributed by atoms with Crippen molar-refractivity contribution >= 4 is 23.5 Å². The van der Waals surface area contributed by atoms with Gasteiger partial charge >= 0.3 is 19.3 Å². The van der Waals surface area contributed by atoms with Crippen LogP contribution in [0, 0.1) is 0 Å². The molecule has 0 aromatic heterocycles. The minimum atomic E-state index is -3.01. The standard InChI is InChI=1S/C20H17F4N3O5/c1-20(11-2-6-13(7-3-11)31-17(21)22)16(29)27(19(30)26-20)10-15(28)25-12-4-8-14(9-5-12)32-18(23)24/h2-9,17-18H,10H2,1H3,(H,25,28)(H,26,30)/t20-/m1/s1. The van der Waals surface area contributed by atoms with Crippen molar-refractivity contribution in [2.75, 3.05) is 11.9 Å². The average Bonchev–Trinajstić information content (AvgIpc) is 2.93. The number of benzene rings is 2. The summed E-state index contributed by atoms with van der Waals surface area (Å²) in [5, 5.41) is 4.92. The Balaban J connectivity index is 1.65. The number of hydrogen-bond donors (Lipinski definition) is 2. The first-order valence-electron chi connectivity index (χ1n) is 9.12. The number of carbonyl (C=O) groups is 3. The number of nitrogens with one attached hydrogen (secondary N) is 2. The maximum absolute atomic E-state index is 12.9. The van der Waals surface area contributed by atoms with Gasteiger partial charge in [-0.3, -0.25) is 14.5 Å². The van der Waals surface area contributed by atoms with Crippen LogP contribution in [0.5, 0.6) is 11.5 Å². The Hall–Kier alpha value is -3.83. The highest BCUT2D eigenvalue weighted by atomic mass is 19.3. The quantitative estimate of drug-likeness (QED) is 0.470. The number of halogens is 4. The number of amides is 4. The molecule has 3 rings (SSSR count). The van der Waals surface area contributed by atoms with Gasteiger partial charge in [0.05, 0.1) is 0 Å². The largest absolute Gasteiger partial charge is 0.435 e. The van der Waals surface area contributed by atoms with E-state index in [4.69, 9.17) is 0 Å². The van der Waals surface area contributed by atoms with E-state index in [0.717, 1.165) is 0 Å². The molecular weight excluding hydrogens is 438 g/mol. The number of imide groups is 1. The zero-order chi connectivity index (χ0) is 23.5. The summed E-state index contributed by atoms with van der Waals surface area (Å²) in [6, 6.07) is 9.39. The SMILES string of the molecule is C[C@]1(c2ccc(OC(F)F)cc2)NC(=O)N(CC(=O)Nc2ccc(OC(F)F)cc2)C1=O. The summed E-state index contributed by atoms with van der Waals surface area (Å²) in [7, 11) is 0. The van der Waals surface area contributed by atoms with E-state index in [9.17, 15) is 31.9 Å². The molecule has 0 aliphatic carbocycles. The smallest absolute Gasteiger partial charge is 0.387 e. The third kappa shape index (κ3) is 5.07. The summed E-state index contributed by atoms with van der Waals surface area (Å²) < 4.78 is 57.4. The lowest BCUT2D eigenvalue weighted by Crippen LogP contribution is -2.42. The Kier molecular flexibility index (Phi) is 6.51. The number of nitrogens with zero attached hydrogens (tertiary/aromatic N) is 1. The van der Waals surface area contributed by atoms with Crippen molar-refractivity contribution in [2.24, 2.45) is 0 Å². The van der Waals surface area contributed by atoms with Crippen molar-refractivity contribution < 1.29 is 41.4 Å². The van der Waals surface area contributed by atoms with E-state index >= 15 is 0 Å². The first-order valence-corrected chi connectivity index (χ1v) is 9.12. The normalized spacial score (nSPS) is 18.2. The Morgan fingerprint density at radius 1 is 0.969 bits per heavy atom. The van der Waals surface area contributed by atoms with E-state index in [2.05, 4.69) is 20.1 Å². The first kappa shape index (κ1) is 22.8. The van der Waals surface area contributed by atoms with E-state index < -0.39 is 43.2 Å². The Bertz CT molecular complexity index is 1000. The number of ether oxygens (including phenoxy) is 2. The van der Waals surface area contributed by atoms with Gasteiger partial charge in [0.2, 0.25) is 5.91 Å². The van der Waals surface area contributed by atoms with Gasteiger partial charge in [0.1, 0.15) is 23.6 Å². The maximum Gasteiger partial charge on any atom is 0.387 e. The highest BCUT2D eigenvalue weighted by Crippen LogP contribution is 2.30. The second-order valence-corrected chi connectivity index (χ2v) is 6.80. The molecule has 0 saturated carbocycles. The number of rotatable bonds is 8. The number of carbonyl (C=O) groups excluding carboxylic acids is 3. The Morgan fingerprint density at radius 2 is 1.47 bits per heavy atom. The first-order chi connectivity index (χ1) is 15.1. The molecule has 1 atom stereocenters. The molecule has 1 saturated heterocycles. The van der Waals surface area contributed by atoms with Gasteiger partial charge in [0.25, 0.3) is 5.91 Å². The molecule has 12 heteroatoms. The van der Waals surface area contributed by atoms with Gasteiger partial charge in [0.15, 0.2) is 0 Å². The summed E-state index contributed by atoms with van der Waals surface area (Å²) in [6.07, 6.45) is 0. The number of hydrogen-bond acceptors (Lipinski definition) is 5. The Labute approximate surface area is 179 Å². The Morgan fingerprint density at radius 3 is 1.97 bits per heavy atom. The van der Waals surface area contributed by atoms with Gasteiger partial charge in [-0.25, -0.2) is 4.79 Å². The fraction of sp³-hybridized carbons (Fsp3) is 0.250. The summed E-state index contributed by atoms with van der Waals surface area (Å²) in [5.41, 5.74) is -0.981. The molecule has 0 radical (unpaired) electrons. The van der Waals surface area contributed by atoms with Crippen LogP contribution < -0.4 is 20.1 Å². The van der Waals surface area contributed by atoms with Crippen molar-refractivity contribution in [2.45, 2.75) is 25.7 Å². The van der Waals surface area contributed by atoms with Crippen molar-refractivity contribution in [1.82, 2.24) is 10.2 Å². The molecular formula is C20H17F4N3O5. The fourth-order valence-electron chi connectivity index (χ4n) is 3.07. The molecule has 1 heterocycles. The fourth-order valence-corrected chi connectivity index (χ4v) is 3.07. The van der Waals surface area contributed by atoms with Crippen LogP contribution >= 0.6 is 0 Å². The molecule has 0 bridgehead atoms. The van der Waals surface area contributed by atoms with Crippen LogP contribution in [0.1, 0.15) is 12.5 Å². The molecule has 0 spiro atoms. The molecule has 32 heavy (non-hydrogen) atoms. The van der Waals surface area contributed by atoms with Crippen molar-refractivity contribution in [3.05, 3.63) is 54.1 Å². The van der Waals surface area contributed by atoms with Crippen LogP contribution in [0.4, 0.5) is 28.0 Å². The van der Waals surface area contributed by atoms with Gasteiger partial charge in [-0.05, 0) is 48.9 Å². The van der Waals surface area contributed by atoms with Crippen LogP contribution in [0.3, 0.4) is 0 Å². The molecule has 1 fully saturated rings. The molecule has 2 N–H and O–H groups in total. The molecule has 170 valence electrons. The number of anilines is 1. The van der Waals surface area contributed by atoms with Crippen LogP contribution in [-0.4, -0.2) is 42.5 Å². The third-order valence-corrected chi connectivity index (χ3v) is 4.60. The van der Waals surface area contributed by atoms with Gasteiger partial charge in [-0.15, -0.1) is 0 Å². The second kappa shape index (κ2) is 9.12. The van der Waals surface area contributed by atoms with Crippen LogP contribution in [0.15, 0.2) is 48.5 Å². The van der Waals surface area contributed by atoms with Crippen molar-refractivity contribution in [3.63, 3.8) is 0 Å². The zero-order valence-electron chi connectivity index (χ0n) is 16.5. The molecule has 8 nitrogen and oxygen atoms in total. The predicted molar refractivity (Wildman–Crippen MR) is 102 cm³/mol. The summed E-state index contributed by atoms with van der Waals surface area (Å²) >= 11 is 0. The molecule has 4 amide bonds. The van der Waals surface area contributed by atoms with Gasteiger partial charge in [-0.1, -0.05) is 12.1 Å². The summed E-state index contributed by atoms with van der Waals surface area (Å²) in [4.78, 5) is 38.2. The summed E-state index contributed by atoms with van der Waals surface area (Å²) in [5.74, 6) is -1.65. The van der Waals surface area contributed by atoms with E-state index in [0.29, 0.717) is 10.5 Å². The molecule has 2 aromatic carbocycles. The van der Waals surface area contributed by atoms with Crippen molar-refractivity contribution in [1.29, 1.82) is 0 Å². The zero-order valence-corrected chi connectivity index (χ0v) is 16.5. The number of urea groups is 1. The second-order valence-electron chi connectivity index (χ2n) is 6.80. The van der Waals surface area contributed by atoms with Crippen molar-refractivity contribution in [3.8, 4) is 11.5 Å². The number of alkyl halides is 4. The molecule has 1 aliphatic rings. The average molecular weight is 455 g/mol. The highest BCUT2D eigenvalue weighted by Gasteiger charge is 2.49. The van der Waals surface area contributed by atoms with E-state index in [-0.39, 0.29) is 17.2 Å². The topological polar surface area (TPSA) is 97.0 Å². The van der Waals surface area contributed by atoms with E-state index in [1.807, 2.05) is 0 Å². The van der Waals surface area contributed by atoms with Gasteiger partial charge in [0, 0.05) is 5.69 Å². The molecule has 2 aromatic rings. The lowest BCUT2D eigenvalue weighted by Gasteiger charge is -2.22. The van der Waals surface area contributed by atoms with Crippen LogP contribution in [-0.2, 0) is 15.1 Å². The van der Waals surface area contributed by atoms with Gasteiger partial charge in [-0.2, -0.15) is 17.6 Å². The van der Waals surface area contributed by atoms with Gasteiger partial charge < -0.3 is 20.1 Å². The predicted octanol–water partition coefficient (Wildman–Crippen LogP) is 3.30. The minimum Gasteiger partial charge on any atom is -0.435 e. The van der Waals surface area contributed by atoms with E-state index in [1.54, 1.807) is 0 Å². The maximum atomic E-state index is 12.9. The van der Waals surface area contributed by atoms with Crippen LogP contribution in [0.2, 0.25) is 0 Å². The molecule has 0 unspecified atom stereocenters. The monoisotopic (exact) mass is 455 g/mol. The van der Waals surface area contributed by atoms with E-state index in [1.165, 1.54) is 55.5 Å².